The van der Waals surface area contributed by atoms with Gasteiger partial charge in [0.1, 0.15) is 0 Å². The first-order valence-corrected chi connectivity index (χ1v) is 8.90. The average molecular weight is 350 g/mol. The van der Waals surface area contributed by atoms with E-state index in [0.717, 1.165) is 38.2 Å². The molecule has 0 spiro atoms. The van der Waals surface area contributed by atoms with Crippen LogP contribution in [0.1, 0.15) is 18.4 Å². The molecule has 0 amide bonds. The van der Waals surface area contributed by atoms with Gasteiger partial charge in [0, 0.05) is 37.9 Å². The molecule has 1 saturated heterocycles. The van der Waals surface area contributed by atoms with Gasteiger partial charge in [-0.1, -0.05) is 30.3 Å². The molecular formula is C19H22N6O. The molecule has 134 valence electrons. The van der Waals surface area contributed by atoms with E-state index >= 15 is 0 Å². The number of rotatable bonds is 5. The summed E-state index contributed by atoms with van der Waals surface area (Å²) in [5.74, 6) is 0.517. The van der Waals surface area contributed by atoms with Crippen LogP contribution in [0.5, 0.6) is 0 Å². The van der Waals surface area contributed by atoms with Crippen molar-refractivity contribution in [1.29, 1.82) is 0 Å². The quantitative estimate of drug-likeness (QED) is 0.657. The monoisotopic (exact) mass is 350 g/mol. The Balaban J connectivity index is 1.36. The van der Waals surface area contributed by atoms with E-state index in [2.05, 4.69) is 54.6 Å². The minimum absolute atomic E-state index is 0.173. The third-order valence-corrected chi connectivity index (χ3v) is 4.70. The number of piperidine rings is 1. The van der Waals surface area contributed by atoms with Gasteiger partial charge in [0.2, 0.25) is 5.95 Å². The maximum atomic E-state index is 11.9. The first-order valence-electron chi connectivity index (χ1n) is 8.90. The number of aromatic amines is 2. The van der Waals surface area contributed by atoms with Crippen molar-refractivity contribution in [3.63, 3.8) is 0 Å². The van der Waals surface area contributed by atoms with Gasteiger partial charge in [0.05, 0.1) is 11.4 Å². The molecule has 1 aliphatic heterocycles. The molecule has 26 heavy (non-hydrogen) atoms. The lowest BCUT2D eigenvalue weighted by Crippen LogP contribution is -2.39. The van der Waals surface area contributed by atoms with Crippen molar-refractivity contribution in [3.05, 3.63) is 64.6 Å². The second-order valence-corrected chi connectivity index (χ2v) is 6.63. The summed E-state index contributed by atoms with van der Waals surface area (Å²) in [4.78, 5) is 21.7. The Bertz CT molecular complexity index is 882. The highest BCUT2D eigenvalue weighted by Crippen LogP contribution is 2.18. The van der Waals surface area contributed by atoms with Crippen molar-refractivity contribution in [3.8, 4) is 11.4 Å². The first-order chi connectivity index (χ1) is 12.8. The SMILES string of the molecule is O=c1cc(-c2ccn[nH]2)nc(NC2CCN(Cc3ccccc3)CC2)[nH]1. The van der Waals surface area contributed by atoms with Crippen LogP contribution in [-0.4, -0.2) is 44.2 Å². The van der Waals surface area contributed by atoms with Gasteiger partial charge < -0.3 is 5.32 Å². The summed E-state index contributed by atoms with van der Waals surface area (Å²) in [6.45, 7) is 3.03. The van der Waals surface area contributed by atoms with Crippen LogP contribution in [0.25, 0.3) is 11.4 Å². The highest BCUT2D eigenvalue weighted by atomic mass is 16.1. The van der Waals surface area contributed by atoms with E-state index < -0.39 is 0 Å². The Kier molecular flexibility index (Phi) is 4.79. The van der Waals surface area contributed by atoms with Crippen molar-refractivity contribution in [2.45, 2.75) is 25.4 Å². The van der Waals surface area contributed by atoms with Gasteiger partial charge in [-0.25, -0.2) is 4.98 Å². The van der Waals surface area contributed by atoms with Gasteiger partial charge in [0.25, 0.3) is 5.56 Å². The van der Waals surface area contributed by atoms with Crippen LogP contribution in [0, 0.1) is 0 Å². The van der Waals surface area contributed by atoms with E-state index in [4.69, 9.17) is 0 Å². The molecule has 3 heterocycles. The molecule has 0 radical (unpaired) electrons. The average Bonchev–Trinajstić information content (AvgIpc) is 3.19. The molecule has 0 saturated carbocycles. The summed E-state index contributed by atoms with van der Waals surface area (Å²) in [7, 11) is 0. The van der Waals surface area contributed by atoms with Crippen LogP contribution < -0.4 is 10.9 Å². The Labute approximate surface area is 151 Å². The second kappa shape index (κ2) is 7.53. The fourth-order valence-electron chi connectivity index (χ4n) is 3.33. The highest BCUT2D eigenvalue weighted by molar-refractivity contribution is 5.54. The van der Waals surface area contributed by atoms with Crippen LogP contribution in [0.15, 0.2) is 53.5 Å². The Morgan fingerprint density at radius 1 is 1.15 bits per heavy atom. The molecule has 0 aliphatic carbocycles. The van der Waals surface area contributed by atoms with E-state index in [-0.39, 0.29) is 5.56 Å². The third-order valence-electron chi connectivity index (χ3n) is 4.70. The molecule has 3 aromatic rings. The van der Waals surface area contributed by atoms with Crippen LogP contribution >= 0.6 is 0 Å². The number of aromatic nitrogens is 4. The van der Waals surface area contributed by atoms with E-state index in [1.54, 1.807) is 12.3 Å². The van der Waals surface area contributed by atoms with Gasteiger partial charge in [0.15, 0.2) is 0 Å². The largest absolute Gasteiger partial charge is 0.353 e. The van der Waals surface area contributed by atoms with Crippen LogP contribution in [-0.2, 0) is 6.54 Å². The number of anilines is 1. The van der Waals surface area contributed by atoms with Gasteiger partial charge >= 0.3 is 0 Å². The smallest absolute Gasteiger partial charge is 0.252 e. The minimum atomic E-state index is -0.173. The van der Waals surface area contributed by atoms with Crippen LogP contribution in [0.2, 0.25) is 0 Å². The first kappa shape index (κ1) is 16.5. The molecule has 7 nitrogen and oxygen atoms in total. The maximum Gasteiger partial charge on any atom is 0.252 e. The lowest BCUT2D eigenvalue weighted by Gasteiger charge is -2.32. The summed E-state index contributed by atoms with van der Waals surface area (Å²) < 4.78 is 0. The lowest BCUT2D eigenvalue weighted by atomic mass is 10.0. The Hall–Kier alpha value is -2.93. The number of likely N-dealkylation sites (tertiary alicyclic amines) is 1. The molecule has 4 rings (SSSR count). The summed E-state index contributed by atoms with van der Waals surface area (Å²) in [6.07, 6.45) is 3.68. The fraction of sp³-hybridized carbons (Fsp3) is 0.316. The number of nitrogens with one attached hydrogen (secondary N) is 3. The number of hydrogen-bond donors (Lipinski definition) is 3. The summed E-state index contributed by atoms with van der Waals surface area (Å²) in [5, 5.41) is 10.1. The molecule has 0 atom stereocenters. The van der Waals surface area contributed by atoms with Crippen LogP contribution in [0.3, 0.4) is 0 Å². The standard InChI is InChI=1S/C19H22N6O/c26-18-12-17(16-6-9-20-24-16)22-19(23-18)21-15-7-10-25(11-8-15)13-14-4-2-1-3-5-14/h1-6,9,12,15H,7-8,10-11,13H2,(H,20,24)(H2,21,22,23,26). The number of nitrogens with zero attached hydrogens (tertiary/aromatic N) is 3. The van der Waals surface area contributed by atoms with Crippen molar-refractivity contribution in [2.24, 2.45) is 0 Å². The second-order valence-electron chi connectivity index (χ2n) is 6.63. The van der Waals surface area contributed by atoms with E-state index in [1.807, 2.05) is 6.07 Å². The molecule has 1 aromatic carbocycles. The zero-order valence-electron chi connectivity index (χ0n) is 14.5. The van der Waals surface area contributed by atoms with Gasteiger partial charge in [-0.2, -0.15) is 5.10 Å². The predicted molar refractivity (Wildman–Crippen MR) is 101 cm³/mol. The normalized spacial score (nSPS) is 15.8. The molecule has 7 heteroatoms. The minimum Gasteiger partial charge on any atom is -0.353 e. The fourth-order valence-corrected chi connectivity index (χ4v) is 3.33. The van der Waals surface area contributed by atoms with E-state index in [1.165, 1.54) is 11.6 Å². The summed E-state index contributed by atoms with van der Waals surface area (Å²) >= 11 is 0. The highest BCUT2D eigenvalue weighted by Gasteiger charge is 2.20. The molecular weight excluding hydrogens is 328 g/mol. The molecule has 1 aliphatic rings. The Morgan fingerprint density at radius 3 is 2.69 bits per heavy atom. The number of hydrogen-bond acceptors (Lipinski definition) is 5. The van der Waals surface area contributed by atoms with Crippen molar-refractivity contribution in [1.82, 2.24) is 25.1 Å². The van der Waals surface area contributed by atoms with E-state index in [9.17, 15) is 4.79 Å². The molecule has 3 N–H and O–H groups in total. The number of benzene rings is 1. The molecule has 2 aromatic heterocycles. The van der Waals surface area contributed by atoms with Crippen molar-refractivity contribution >= 4 is 5.95 Å². The topological polar surface area (TPSA) is 89.7 Å². The summed E-state index contributed by atoms with van der Waals surface area (Å²) in [5.41, 5.74) is 2.50. The van der Waals surface area contributed by atoms with E-state index in [0.29, 0.717) is 17.7 Å². The third kappa shape index (κ3) is 4.00. The zero-order valence-corrected chi connectivity index (χ0v) is 14.5. The van der Waals surface area contributed by atoms with Crippen LogP contribution in [0.4, 0.5) is 5.95 Å². The summed E-state index contributed by atoms with van der Waals surface area (Å²) in [6, 6.07) is 14.1. The molecule has 0 bridgehead atoms. The van der Waals surface area contributed by atoms with Gasteiger partial charge in [-0.3, -0.25) is 19.8 Å². The lowest BCUT2D eigenvalue weighted by molar-refractivity contribution is 0.211. The van der Waals surface area contributed by atoms with Crippen molar-refractivity contribution < 1.29 is 0 Å². The molecule has 1 fully saturated rings. The van der Waals surface area contributed by atoms with Gasteiger partial charge in [-0.05, 0) is 24.5 Å². The predicted octanol–water partition coefficient (Wildman–Crippen LogP) is 2.24. The maximum absolute atomic E-state index is 11.9. The molecule has 0 unspecified atom stereocenters. The Morgan fingerprint density at radius 2 is 1.96 bits per heavy atom. The van der Waals surface area contributed by atoms with Gasteiger partial charge in [-0.15, -0.1) is 0 Å². The number of H-pyrrole nitrogens is 2. The zero-order chi connectivity index (χ0) is 17.8. The van der Waals surface area contributed by atoms with Crippen molar-refractivity contribution in [2.75, 3.05) is 18.4 Å².